The van der Waals surface area contributed by atoms with Crippen molar-refractivity contribution in [3.05, 3.63) is 0 Å². The van der Waals surface area contributed by atoms with Crippen molar-refractivity contribution < 1.29 is 4.74 Å². The van der Waals surface area contributed by atoms with E-state index in [1.54, 1.807) is 0 Å². The minimum absolute atomic E-state index is 0.521. The van der Waals surface area contributed by atoms with E-state index in [9.17, 15) is 0 Å². The van der Waals surface area contributed by atoms with Gasteiger partial charge < -0.3 is 15.0 Å². The minimum Gasteiger partial charge on any atom is -0.381 e. The molecule has 2 aliphatic rings. The lowest BCUT2D eigenvalue weighted by atomic mass is 10.1. The molecule has 0 aromatic heterocycles. The van der Waals surface area contributed by atoms with Gasteiger partial charge in [0, 0.05) is 26.2 Å². The fraction of sp³-hybridized carbons (Fsp3) is 1.00. The van der Waals surface area contributed by atoms with Crippen molar-refractivity contribution >= 4 is 0 Å². The van der Waals surface area contributed by atoms with E-state index in [1.165, 1.54) is 64.7 Å². The highest BCUT2D eigenvalue weighted by molar-refractivity contribution is 4.80. The SMILES string of the molecule is COC1CCN(CCCCNC2CC2)CC1. The average molecular weight is 226 g/mol. The van der Waals surface area contributed by atoms with E-state index in [4.69, 9.17) is 4.74 Å². The van der Waals surface area contributed by atoms with Gasteiger partial charge in [-0.15, -0.1) is 0 Å². The predicted molar refractivity (Wildman–Crippen MR) is 66.7 cm³/mol. The summed E-state index contributed by atoms with van der Waals surface area (Å²) < 4.78 is 5.38. The monoisotopic (exact) mass is 226 g/mol. The molecule has 2 fully saturated rings. The van der Waals surface area contributed by atoms with Crippen molar-refractivity contribution in [3.63, 3.8) is 0 Å². The summed E-state index contributed by atoms with van der Waals surface area (Å²) in [6.45, 7) is 4.96. The second-order valence-corrected chi connectivity index (χ2v) is 5.21. The minimum atomic E-state index is 0.521. The van der Waals surface area contributed by atoms with E-state index in [1.807, 2.05) is 7.11 Å². The molecule has 1 aliphatic carbocycles. The largest absolute Gasteiger partial charge is 0.381 e. The molecule has 3 nitrogen and oxygen atoms in total. The number of piperidine rings is 1. The highest BCUT2D eigenvalue weighted by Crippen LogP contribution is 2.18. The number of unbranched alkanes of at least 4 members (excludes halogenated alkanes) is 1. The molecule has 16 heavy (non-hydrogen) atoms. The van der Waals surface area contributed by atoms with Crippen LogP contribution in [0.2, 0.25) is 0 Å². The van der Waals surface area contributed by atoms with Gasteiger partial charge >= 0.3 is 0 Å². The Morgan fingerprint density at radius 2 is 1.88 bits per heavy atom. The molecule has 0 unspecified atom stereocenters. The van der Waals surface area contributed by atoms with Crippen LogP contribution >= 0.6 is 0 Å². The normalized spacial score (nSPS) is 23.8. The van der Waals surface area contributed by atoms with Crippen molar-refractivity contribution in [1.82, 2.24) is 10.2 Å². The van der Waals surface area contributed by atoms with Gasteiger partial charge in [0.05, 0.1) is 6.10 Å². The molecule has 0 atom stereocenters. The van der Waals surface area contributed by atoms with Gasteiger partial charge in [-0.1, -0.05) is 0 Å². The summed E-state index contributed by atoms with van der Waals surface area (Å²) in [6.07, 6.45) is 8.45. The van der Waals surface area contributed by atoms with E-state index >= 15 is 0 Å². The molecule has 1 N–H and O–H groups in total. The number of hydrogen-bond donors (Lipinski definition) is 1. The molecule has 0 amide bonds. The zero-order valence-corrected chi connectivity index (χ0v) is 10.6. The molecule has 1 saturated carbocycles. The van der Waals surface area contributed by atoms with Crippen LogP contribution in [0.5, 0.6) is 0 Å². The summed E-state index contributed by atoms with van der Waals surface area (Å²) in [5.74, 6) is 0. The molecular formula is C13H26N2O. The highest BCUT2D eigenvalue weighted by Gasteiger charge is 2.20. The second kappa shape index (κ2) is 6.58. The van der Waals surface area contributed by atoms with E-state index in [-0.39, 0.29) is 0 Å². The van der Waals surface area contributed by atoms with Gasteiger partial charge in [-0.3, -0.25) is 0 Å². The molecule has 2 rings (SSSR count). The fourth-order valence-corrected chi connectivity index (χ4v) is 2.42. The van der Waals surface area contributed by atoms with Gasteiger partial charge in [0.15, 0.2) is 0 Å². The zero-order chi connectivity index (χ0) is 11.2. The smallest absolute Gasteiger partial charge is 0.0595 e. The Kier molecular flexibility index (Phi) is 5.07. The van der Waals surface area contributed by atoms with Crippen LogP contribution in [0, 0.1) is 0 Å². The van der Waals surface area contributed by atoms with E-state index in [0.29, 0.717) is 6.10 Å². The van der Waals surface area contributed by atoms with Gasteiger partial charge in [-0.25, -0.2) is 0 Å². The first-order valence-electron chi connectivity index (χ1n) is 6.87. The van der Waals surface area contributed by atoms with Crippen LogP contribution in [0.25, 0.3) is 0 Å². The van der Waals surface area contributed by atoms with Crippen molar-refractivity contribution in [2.45, 2.75) is 50.7 Å². The first-order valence-corrected chi connectivity index (χ1v) is 6.87. The van der Waals surface area contributed by atoms with Gasteiger partial charge in [0.2, 0.25) is 0 Å². The van der Waals surface area contributed by atoms with Crippen LogP contribution in [0.4, 0.5) is 0 Å². The maximum Gasteiger partial charge on any atom is 0.0595 e. The van der Waals surface area contributed by atoms with Crippen LogP contribution in [0.15, 0.2) is 0 Å². The second-order valence-electron chi connectivity index (χ2n) is 5.21. The van der Waals surface area contributed by atoms with Crippen molar-refractivity contribution in [1.29, 1.82) is 0 Å². The summed E-state index contributed by atoms with van der Waals surface area (Å²) in [4.78, 5) is 2.59. The van der Waals surface area contributed by atoms with Crippen molar-refractivity contribution in [2.75, 3.05) is 33.3 Å². The lowest BCUT2D eigenvalue weighted by molar-refractivity contribution is 0.0407. The standard InChI is InChI=1S/C13H26N2O/c1-16-13-6-10-15(11-7-13)9-3-2-8-14-12-4-5-12/h12-14H,2-11H2,1H3. The topological polar surface area (TPSA) is 24.5 Å². The molecule has 0 bridgehead atoms. The predicted octanol–water partition coefficient (Wildman–Crippen LogP) is 1.63. The number of nitrogens with zero attached hydrogens (tertiary/aromatic N) is 1. The van der Waals surface area contributed by atoms with Crippen LogP contribution in [-0.2, 0) is 4.74 Å². The molecule has 3 heteroatoms. The zero-order valence-electron chi connectivity index (χ0n) is 10.6. The number of rotatable bonds is 7. The Hall–Kier alpha value is -0.120. The molecule has 0 spiro atoms. The summed E-state index contributed by atoms with van der Waals surface area (Å²) in [7, 11) is 1.84. The van der Waals surface area contributed by atoms with Gasteiger partial charge in [-0.05, 0) is 51.6 Å². The van der Waals surface area contributed by atoms with Crippen LogP contribution in [0.3, 0.4) is 0 Å². The van der Waals surface area contributed by atoms with Crippen molar-refractivity contribution in [3.8, 4) is 0 Å². The Labute approximate surface area is 99.5 Å². The summed E-state index contributed by atoms with van der Waals surface area (Å²) >= 11 is 0. The van der Waals surface area contributed by atoms with Crippen LogP contribution < -0.4 is 5.32 Å². The van der Waals surface area contributed by atoms with Crippen molar-refractivity contribution in [2.24, 2.45) is 0 Å². The average Bonchev–Trinajstić information content (AvgIpc) is 3.13. The van der Waals surface area contributed by atoms with Crippen LogP contribution in [0.1, 0.15) is 38.5 Å². The fourth-order valence-electron chi connectivity index (χ4n) is 2.42. The lowest BCUT2D eigenvalue weighted by Gasteiger charge is -2.31. The first kappa shape index (κ1) is 12.3. The van der Waals surface area contributed by atoms with E-state index in [2.05, 4.69) is 10.2 Å². The quantitative estimate of drug-likeness (QED) is 0.668. The number of nitrogens with one attached hydrogen (secondary N) is 1. The third-order valence-corrected chi connectivity index (χ3v) is 3.78. The lowest BCUT2D eigenvalue weighted by Crippen LogP contribution is -2.37. The third kappa shape index (κ3) is 4.40. The first-order chi connectivity index (χ1) is 7.88. The molecule has 94 valence electrons. The molecule has 1 aliphatic heterocycles. The maximum atomic E-state index is 5.38. The molecule has 1 saturated heterocycles. The Balaban J connectivity index is 1.43. The Morgan fingerprint density at radius 1 is 1.12 bits per heavy atom. The molecule has 0 radical (unpaired) electrons. The number of hydrogen-bond acceptors (Lipinski definition) is 3. The summed E-state index contributed by atoms with van der Waals surface area (Å²) in [5, 5.41) is 3.57. The van der Waals surface area contributed by atoms with Gasteiger partial charge in [0.25, 0.3) is 0 Å². The molecule has 0 aromatic carbocycles. The summed E-state index contributed by atoms with van der Waals surface area (Å²) in [5.41, 5.74) is 0. The molecule has 0 aromatic rings. The van der Waals surface area contributed by atoms with E-state index < -0.39 is 0 Å². The third-order valence-electron chi connectivity index (χ3n) is 3.78. The number of ether oxygens (including phenoxy) is 1. The van der Waals surface area contributed by atoms with Crippen LogP contribution in [-0.4, -0.2) is 50.3 Å². The van der Waals surface area contributed by atoms with E-state index in [0.717, 1.165) is 6.04 Å². The molecular weight excluding hydrogens is 200 g/mol. The number of methoxy groups -OCH3 is 1. The number of likely N-dealkylation sites (tertiary alicyclic amines) is 1. The highest BCUT2D eigenvalue weighted by atomic mass is 16.5. The molecule has 1 heterocycles. The van der Waals surface area contributed by atoms with Gasteiger partial charge in [-0.2, -0.15) is 0 Å². The Bertz CT molecular complexity index is 186. The van der Waals surface area contributed by atoms with Gasteiger partial charge in [0.1, 0.15) is 0 Å². The Morgan fingerprint density at radius 3 is 2.50 bits per heavy atom. The summed E-state index contributed by atoms with van der Waals surface area (Å²) in [6, 6.07) is 0.873. The maximum absolute atomic E-state index is 5.38.